The zero-order chi connectivity index (χ0) is 23.9. The van der Waals surface area contributed by atoms with Crippen molar-refractivity contribution >= 4 is 28.4 Å². The van der Waals surface area contributed by atoms with Crippen molar-refractivity contribution in [3.8, 4) is 11.1 Å². The van der Waals surface area contributed by atoms with Gasteiger partial charge in [0.2, 0.25) is 11.8 Å². The first-order chi connectivity index (χ1) is 17.1. The Morgan fingerprint density at radius 1 is 1.03 bits per heavy atom. The molecule has 0 aromatic carbocycles. The van der Waals surface area contributed by atoms with Gasteiger partial charge in [-0.05, 0) is 55.2 Å². The van der Waals surface area contributed by atoms with Crippen LogP contribution in [-0.2, 0) is 9.59 Å². The van der Waals surface area contributed by atoms with Crippen molar-refractivity contribution in [2.75, 3.05) is 26.2 Å². The van der Waals surface area contributed by atoms with Crippen LogP contribution in [0.3, 0.4) is 0 Å². The predicted molar refractivity (Wildman–Crippen MR) is 132 cm³/mol. The van der Waals surface area contributed by atoms with Gasteiger partial charge in [0.15, 0.2) is 0 Å². The molecule has 6 heterocycles. The summed E-state index contributed by atoms with van der Waals surface area (Å²) in [6, 6.07) is 8.10. The van der Waals surface area contributed by atoms with Crippen molar-refractivity contribution in [3.05, 3.63) is 61.2 Å². The molecule has 9 nitrogen and oxygen atoms in total. The van der Waals surface area contributed by atoms with Gasteiger partial charge in [-0.2, -0.15) is 14.8 Å². The Morgan fingerprint density at radius 2 is 1.86 bits per heavy atom. The lowest BCUT2D eigenvalue weighted by atomic mass is 9.95. The van der Waals surface area contributed by atoms with Crippen LogP contribution in [0.2, 0.25) is 0 Å². The maximum Gasteiger partial charge on any atom is 0.245 e. The monoisotopic (exact) mass is 469 g/mol. The van der Waals surface area contributed by atoms with E-state index in [0.29, 0.717) is 32.5 Å². The quantitative estimate of drug-likeness (QED) is 0.463. The number of hydrogen-bond acceptors (Lipinski definition) is 5. The van der Waals surface area contributed by atoms with E-state index in [1.807, 2.05) is 35.5 Å². The Morgan fingerprint density at radius 3 is 2.69 bits per heavy atom. The zero-order valence-corrected chi connectivity index (χ0v) is 19.4. The summed E-state index contributed by atoms with van der Waals surface area (Å²) >= 11 is 0. The van der Waals surface area contributed by atoms with Gasteiger partial charge in [-0.25, -0.2) is 4.98 Å². The summed E-state index contributed by atoms with van der Waals surface area (Å²) < 4.78 is 1.63. The minimum atomic E-state index is -0.0516. The highest BCUT2D eigenvalue weighted by Crippen LogP contribution is 2.35. The molecule has 0 spiro atoms. The molecule has 6 rings (SSSR count). The third-order valence-corrected chi connectivity index (χ3v) is 7.42. The average Bonchev–Trinajstić information content (AvgIpc) is 3.65. The number of aromatic amines is 1. The van der Waals surface area contributed by atoms with Crippen LogP contribution in [-0.4, -0.2) is 72.6 Å². The largest absolute Gasteiger partial charge is 0.343 e. The number of rotatable bonds is 4. The van der Waals surface area contributed by atoms with E-state index in [0.717, 1.165) is 46.3 Å². The third kappa shape index (κ3) is 3.77. The van der Waals surface area contributed by atoms with Crippen LogP contribution in [0.15, 0.2) is 55.5 Å². The van der Waals surface area contributed by atoms with E-state index in [-0.39, 0.29) is 23.7 Å². The summed E-state index contributed by atoms with van der Waals surface area (Å²) in [5, 5.41) is 9.71. The number of nitrogens with zero attached hydrogens (tertiary/aromatic N) is 6. The van der Waals surface area contributed by atoms with Crippen molar-refractivity contribution in [2.45, 2.75) is 25.2 Å². The smallest absolute Gasteiger partial charge is 0.245 e. The Kier molecular flexibility index (Phi) is 5.32. The van der Waals surface area contributed by atoms with Gasteiger partial charge in [0.25, 0.3) is 0 Å². The molecule has 0 saturated carbocycles. The van der Waals surface area contributed by atoms with Gasteiger partial charge in [0, 0.05) is 67.1 Å². The Hall–Kier alpha value is -4.01. The molecule has 1 N–H and O–H groups in total. The number of carbonyl (C=O) groups is 2. The molecule has 0 bridgehead atoms. The number of amides is 2. The molecule has 0 aliphatic carbocycles. The minimum absolute atomic E-state index is 0.0113. The number of H-pyrrole nitrogens is 1. The van der Waals surface area contributed by atoms with E-state index >= 15 is 0 Å². The third-order valence-electron chi connectivity index (χ3n) is 7.42. The molecule has 1 unspecified atom stereocenters. The maximum atomic E-state index is 13.2. The summed E-state index contributed by atoms with van der Waals surface area (Å²) in [4.78, 5) is 36.9. The second-order valence-corrected chi connectivity index (χ2v) is 9.38. The lowest BCUT2D eigenvalue weighted by molar-refractivity contribution is -0.138. The van der Waals surface area contributed by atoms with Crippen LogP contribution in [0.4, 0.5) is 0 Å². The van der Waals surface area contributed by atoms with Crippen LogP contribution in [0.1, 0.15) is 30.9 Å². The van der Waals surface area contributed by atoms with Crippen molar-refractivity contribution < 1.29 is 9.59 Å². The first-order valence-electron chi connectivity index (χ1n) is 12.1. The molecular formula is C26H27N7O2. The average molecular weight is 470 g/mol. The first kappa shape index (κ1) is 21.5. The highest BCUT2D eigenvalue weighted by Gasteiger charge is 2.34. The van der Waals surface area contributed by atoms with Crippen molar-refractivity contribution in [3.63, 3.8) is 0 Å². The molecule has 2 aliphatic heterocycles. The predicted octanol–water partition coefficient (Wildman–Crippen LogP) is 3.01. The Labute approximate surface area is 202 Å². The Balaban J connectivity index is 1.19. The van der Waals surface area contributed by atoms with Crippen LogP contribution >= 0.6 is 0 Å². The zero-order valence-electron chi connectivity index (χ0n) is 19.4. The summed E-state index contributed by atoms with van der Waals surface area (Å²) in [5.41, 5.74) is 4.97. The number of fused-ring (bicyclic) bond motifs is 2. The number of piperidine rings is 1. The number of aromatic nitrogens is 5. The lowest BCUT2D eigenvalue weighted by Crippen LogP contribution is -2.43. The molecule has 2 amide bonds. The van der Waals surface area contributed by atoms with Gasteiger partial charge < -0.3 is 14.8 Å². The van der Waals surface area contributed by atoms with Gasteiger partial charge >= 0.3 is 0 Å². The van der Waals surface area contributed by atoms with Crippen LogP contribution in [0.25, 0.3) is 27.7 Å². The van der Waals surface area contributed by atoms with E-state index in [1.165, 1.54) is 6.08 Å². The van der Waals surface area contributed by atoms with Crippen LogP contribution in [0, 0.1) is 5.92 Å². The van der Waals surface area contributed by atoms with E-state index in [9.17, 15) is 9.59 Å². The highest BCUT2D eigenvalue weighted by atomic mass is 16.2. The standard InChI is InChI=1S/C26H27N7O2/c1-2-24(34)31-11-6-17(7-12-31)26(35)32-13-8-18(16-32)22-14-20-19(5-10-27-25(20)30-22)21-15-29-33-23(21)4-3-9-28-33/h2-5,9-10,14-15,17-18H,1,6-8,11-13,16H2,(H,27,30). The van der Waals surface area contributed by atoms with Gasteiger partial charge in [-0.1, -0.05) is 6.58 Å². The van der Waals surface area contributed by atoms with E-state index < -0.39 is 0 Å². The van der Waals surface area contributed by atoms with Crippen molar-refractivity contribution in [1.82, 2.24) is 34.6 Å². The van der Waals surface area contributed by atoms with Gasteiger partial charge in [-0.15, -0.1) is 0 Å². The SMILES string of the molecule is C=CC(=O)N1CCC(C(=O)N2CCC(c3cc4c(-c5cnn6ncccc56)ccnc4[nH]3)C2)CC1. The van der Waals surface area contributed by atoms with Gasteiger partial charge in [0.1, 0.15) is 5.65 Å². The van der Waals surface area contributed by atoms with Crippen molar-refractivity contribution in [2.24, 2.45) is 5.92 Å². The molecule has 0 radical (unpaired) electrons. The summed E-state index contributed by atoms with van der Waals surface area (Å²) in [7, 11) is 0. The molecule has 2 fully saturated rings. The topological polar surface area (TPSA) is 99.5 Å². The summed E-state index contributed by atoms with van der Waals surface area (Å²) in [6.45, 7) is 6.25. The summed E-state index contributed by atoms with van der Waals surface area (Å²) in [6.07, 6.45) is 9.07. The molecule has 2 aliphatic rings. The lowest BCUT2D eigenvalue weighted by Gasteiger charge is -2.32. The van der Waals surface area contributed by atoms with Gasteiger partial charge in [0.05, 0.1) is 11.7 Å². The number of hydrogen-bond donors (Lipinski definition) is 1. The molecular weight excluding hydrogens is 442 g/mol. The van der Waals surface area contributed by atoms with Crippen LogP contribution < -0.4 is 0 Å². The summed E-state index contributed by atoms with van der Waals surface area (Å²) in [5.74, 6) is 0.396. The second-order valence-electron chi connectivity index (χ2n) is 9.38. The fourth-order valence-electron chi connectivity index (χ4n) is 5.49. The first-order valence-corrected chi connectivity index (χ1v) is 12.1. The van der Waals surface area contributed by atoms with Crippen LogP contribution in [0.5, 0.6) is 0 Å². The normalized spacial score (nSPS) is 19.0. The number of nitrogens with one attached hydrogen (secondary N) is 1. The molecule has 35 heavy (non-hydrogen) atoms. The molecule has 178 valence electrons. The molecule has 4 aromatic rings. The minimum Gasteiger partial charge on any atom is -0.343 e. The molecule has 4 aromatic heterocycles. The maximum absolute atomic E-state index is 13.2. The van der Waals surface area contributed by atoms with Gasteiger partial charge in [-0.3, -0.25) is 9.59 Å². The molecule has 2 saturated heterocycles. The number of carbonyl (C=O) groups excluding carboxylic acids is 2. The van der Waals surface area contributed by atoms with E-state index in [1.54, 1.807) is 15.7 Å². The number of pyridine rings is 1. The Bertz CT molecular complexity index is 1430. The molecule has 1 atom stereocenters. The fraction of sp³-hybridized carbons (Fsp3) is 0.346. The fourth-order valence-corrected chi connectivity index (χ4v) is 5.49. The van der Waals surface area contributed by atoms with Crippen molar-refractivity contribution in [1.29, 1.82) is 0 Å². The number of likely N-dealkylation sites (tertiary alicyclic amines) is 2. The van der Waals surface area contributed by atoms with E-state index in [4.69, 9.17) is 0 Å². The second kappa shape index (κ2) is 8.65. The molecule has 9 heteroatoms. The van der Waals surface area contributed by atoms with E-state index in [2.05, 4.69) is 32.8 Å². The highest BCUT2D eigenvalue weighted by molar-refractivity contribution is 5.97.